The van der Waals surface area contributed by atoms with Gasteiger partial charge in [-0.15, -0.1) is 0 Å². The van der Waals surface area contributed by atoms with Crippen molar-refractivity contribution in [3.63, 3.8) is 0 Å². The van der Waals surface area contributed by atoms with Crippen molar-refractivity contribution in [2.75, 3.05) is 10.8 Å². The maximum Gasteiger partial charge on any atom is 0.264 e. The predicted molar refractivity (Wildman–Crippen MR) is 157 cm³/mol. The molecule has 7 nitrogen and oxygen atoms in total. The van der Waals surface area contributed by atoms with Gasteiger partial charge in [0.25, 0.3) is 10.0 Å². The van der Waals surface area contributed by atoms with Crippen LogP contribution in [0.3, 0.4) is 0 Å². The van der Waals surface area contributed by atoms with E-state index in [1.165, 1.54) is 17.0 Å². The Morgan fingerprint density at radius 3 is 2.13 bits per heavy atom. The highest BCUT2D eigenvalue weighted by atomic mass is 35.5. The third-order valence-electron chi connectivity index (χ3n) is 6.09. The van der Waals surface area contributed by atoms with E-state index in [1.807, 2.05) is 20.8 Å². The lowest BCUT2D eigenvalue weighted by molar-refractivity contribution is -0.140. The number of halogens is 2. The minimum absolute atomic E-state index is 0.0346. The van der Waals surface area contributed by atoms with Crippen molar-refractivity contribution >= 4 is 50.7 Å². The predicted octanol–water partition coefficient (Wildman–Crippen LogP) is 5.83. The van der Waals surface area contributed by atoms with Crippen LogP contribution in [0.25, 0.3) is 0 Å². The molecule has 3 rings (SSSR count). The number of carbonyl (C=O) groups excluding carboxylic acids is 2. The van der Waals surface area contributed by atoms with Crippen molar-refractivity contribution in [3.05, 3.63) is 94.0 Å². The molecular formula is C29H33Cl2N3O4S. The van der Waals surface area contributed by atoms with Crippen LogP contribution in [0.1, 0.15) is 38.3 Å². The number of hydrogen-bond acceptors (Lipinski definition) is 4. The fourth-order valence-corrected chi connectivity index (χ4v) is 5.85. The molecule has 39 heavy (non-hydrogen) atoms. The van der Waals surface area contributed by atoms with Gasteiger partial charge in [-0.1, -0.05) is 72.1 Å². The Bertz CT molecular complexity index is 1400. The molecule has 0 aliphatic rings. The van der Waals surface area contributed by atoms with Crippen LogP contribution < -0.4 is 9.62 Å². The zero-order chi connectivity index (χ0) is 28.7. The summed E-state index contributed by atoms with van der Waals surface area (Å²) in [6.45, 7) is 6.89. The van der Waals surface area contributed by atoms with E-state index in [2.05, 4.69) is 5.32 Å². The second-order valence-electron chi connectivity index (χ2n) is 9.52. The van der Waals surface area contributed by atoms with Gasteiger partial charge >= 0.3 is 0 Å². The van der Waals surface area contributed by atoms with E-state index < -0.39 is 28.5 Å². The van der Waals surface area contributed by atoms with E-state index in [1.54, 1.807) is 67.6 Å². The van der Waals surface area contributed by atoms with Crippen molar-refractivity contribution in [3.8, 4) is 0 Å². The molecule has 1 atom stereocenters. The van der Waals surface area contributed by atoms with Crippen LogP contribution in [0.2, 0.25) is 10.0 Å². The Balaban J connectivity index is 2.06. The van der Waals surface area contributed by atoms with Crippen LogP contribution in [0.4, 0.5) is 5.69 Å². The topological polar surface area (TPSA) is 86.8 Å². The molecule has 0 unspecified atom stereocenters. The zero-order valence-corrected chi connectivity index (χ0v) is 24.7. The van der Waals surface area contributed by atoms with Gasteiger partial charge < -0.3 is 10.2 Å². The van der Waals surface area contributed by atoms with Gasteiger partial charge in [0, 0.05) is 12.6 Å². The first kappa shape index (κ1) is 30.5. The van der Waals surface area contributed by atoms with E-state index >= 15 is 0 Å². The van der Waals surface area contributed by atoms with Gasteiger partial charge in [0.2, 0.25) is 11.8 Å². The number of aryl methyl sites for hydroxylation is 1. The number of sulfonamides is 1. The zero-order valence-electron chi connectivity index (χ0n) is 22.4. The maximum atomic E-state index is 14.0. The second kappa shape index (κ2) is 13.3. The molecule has 0 bridgehead atoms. The summed E-state index contributed by atoms with van der Waals surface area (Å²) in [5.41, 5.74) is 1.94. The summed E-state index contributed by atoms with van der Waals surface area (Å²) in [5.74, 6) is -0.861. The third-order valence-corrected chi connectivity index (χ3v) is 8.61. The van der Waals surface area contributed by atoms with Crippen molar-refractivity contribution in [2.24, 2.45) is 0 Å². The van der Waals surface area contributed by atoms with Crippen LogP contribution in [-0.4, -0.2) is 43.8 Å². The van der Waals surface area contributed by atoms with E-state index in [9.17, 15) is 18.0 Å². The fraction of sp³-hybridized carbons (Fsp3) is 0.310. The van der Waals surface area contributed by atoms with E-state index in [4.69, 9.17) is 23.2 Å². The van der Waals surface area contributed by atoms with Crippen LogP contribution in [0.15, 0.2) is 77.7 Å². The molecule has 10 heteroatoms. The molecule has 2 amide bonds. The molecule has 0 aromatic heterocycles. The standard InChI is InChI=1S/C29H33Cl2N3O4S/c1-5-27(29(36)32-20(2)3)33(18-22-13-16-25(30)26(31)17-22)28(35)19-34(23-14-11-21(4)12-15-23)39(37,38)24-9-7-6-8-10-24/h6-17,20,27H,5,18-19H2,1-4H3,(H,32,36)/t27-/m1/s1. The summed E-state index contributed by atoms with van der Waals surface area (Å²) in [6.07, 6.45) is 0.321. The van der Waals surface area contributed by atoms with Crippen molar-refractivity contribution in [1.82, 2.24) is 10.2 Å². The van der Waals surface area contributed by atoms with Crippen molar-refractivity contribution < 1.29 is 18.0 Å². The number of rotatable bonds is 11. The Hall–Kier alpha value is -3.07. The fourth-order valence-electron chi connectivity index (χ4n) is 4.09. The molecule has 0 fully saturated rings. The van der Waals surface area contributed by atoms with Gasteiger partial charge in [-0.3, -0.25) is 13.9 Å². The van der Waals surface area contributed by atoms with Gasteiger partial charge in [0.15, 0.2) is 0 Å². The van der Waals surface area contributed by atoms with E-state index in [0.29, 0.717) is 27.7 Å². The van der Waals surface area contributed by atoms with E-state index in [-0.39, 0.29) is 23.4 Å². The molecule has 0 saturated heterocycles. The highest BCUT2D eigenvalue weighted by Gasteiger charge is 2.33. The third kappa shape index (κ3) is 7.75. The maximum absolute atomic E-state index is 14.0. The Labute approximate surface area is 240 Å². The molecule has 3 aromatic carbocycles. The lowest BCUT2D eigenvalue weighted by atomic mass is 10.1. The Morgan fingerprint density at radius 1 is 0.923 bits per heavy atom. The summed E-state index contributed by atoms with van der Waals surface area (Å²) < 4.78 is 28.6. The summed E-state index contributed by atoms with van der Waals surface area (Å²) in [4.78, 5) is 28.6. The number of amides is 2. The van der Waals surface area contributed by atoms with Crippen molar-refractivity contribution in [1.29, 1.82) is 0 Å². The van der Waals surface area contributed by atoms with E-state index in [0.717, 1.165) is 9.87 Å². The van der Waals surface area contributed by atoms with Crippen LogP contribution in [-0.2, 0) is 26.2 Å². The minimum Gasteiger partial charge on any atom is -0.352 e. The first-order chi connectivity index (χ1) is 18.4. The second-order valence-corrected chi connectivity index (χ2v) is 12.2. The van der Waals surface area contributed by atoms with Crippen LogP contribution in [0.5, 0.6) is 0 Å². The van der Waals surface area contributed by atoms with Gasteiger partial charge in [-0.2, -0.15) is 0 Å². The number of carbonyl (C=O) groups is 2. The van der Waals surface area contributed by atoms with Crippen molar-refractivity contribution in [2.45, 2.75) is 57.6 Å². The molecule has 0 heterocycles. The molecule has 0 aliphatic carbocycles. The average molecular weight is 591 g/mol. The highest BCUT2D eigenvalue weighted by molar-refractivity contribution is 7.92. The van der Waals surface area contributed by atoms with Gasteiger partial charge in [-0.05, 0) is 69.2 Å². The number of benzene rings is 3. The van der Waals surface area contributed by atoms with Gasteiger partial charge in [-0.25, -0.2) is 8.42 Å². The molecule has 0 saturated carbocycles. The molecule has 1 N–H and O–H groups in total. The molecule has 0 spiro atoms. The first-order valence-electron chi connectivity index (χ1n) is 12.6. The molecule has 208 valence electrons. The molecular weight excluding hydrogens is 557 g/mol. The molecule has 3 aromatic rings. The number of hydrogen-bond donors (Lipinski definition) is 1. The Kier molecular flexibility index (Phi) is 10.4. The van der Waals surface area contributed by atoms with Crippen LogP contribution in [0, 0.1) is 6.92 Å². The first-order valence-corrected chi connectivity index (χ1v) is 14.8. The molecule has 0 aliphatic heterocycles. The normalized spacial score (nSPS) is 12.2. The SMILES string of the molecule is CC[C@H](C(=O)NC(C)C)N(Cc1ccc(Cl)c(Cl)c1)C(=O)CN(c1ccc(C)cc1)S(=O)(=O)c1ccccc1. The summed E-state index contributed by atoms with van der Waals surface area (Å²) >= 11 is 12.3. The molecule has 0 radical (unpaired) electrons. The van der Waals surface area contributed by atoms with Crippen LogP contribution >= 0.6 is 23.2 Å². The average Bonchev–Trinajstić information content (AvgIpc) is 2.89. The summed E-state index contributed by atoms with van der Waals surface area (Å²) in [5, 5.41) is 3.55. The number of nitrogens with zero attached hydrogens (tertiary/aromatic N) is 2. The number of nitrogens with one attached hydrogen (secondary N) is 1. The minimum atomic E-state index is -4.11. The summed E-state index contributed by atoms with van der Waals surface area (Å²) in [7, 11) is -4.11. The lowest BCUT2D eigenvalue weighted by Crippen LogP contribution is -2.53. The summed E-state index contributed by atoms with van der Waals surface area (Å²) in [6, 6.07) is 18.8. The lowest BCUT2D eigenvalue weighted by Gasteiger charge is -2.33. The monoisotopic (exact) mass is 589 g/mol. The quantitative estimate of drug-likeness (QED) is 0.305. The van der Waals surface area contributed by atoms with Gasteiger partial charge in [0.05, 0.1) is 20.6 Å². The van der Waals surface area contributed by atoms with Gasteiger partial charge in [0.1, 0.15) is 12.6 Å². The largest absolute Gasteiger partial charge is 0.352 e. The smallest absolute Gasteiger partial charge is 0.264 e. The number of anilines is 1. The Morgan fingerprint density at radius 2 is 1.56 bits per heavy atom. The highest BCUT2D eigenvalue weighted by Crippen LogP contribution is 2.27.